The smallest absolute Gasteiger partial charge is 0.416 e. The number of ether oxygens (including phenoxy) is 1. The Morgan fingerprint density at radius 1 is 1.00 bits per heavy atom. The van der Waals surface area contributed by atoms with E-state index >= 15 is 0 Å². The van der Waals surface area contributed by atoms with Crippen molar-refractivity contribution in [3.05, 3.63) is 94.0 Å². The molecule has 0 atom stereocenters. The molecule has 0 saturated heterocycles. The number of benzene rings is 3. The quantitative estimate of drug-likeness (QED) is 0.319. The molecular weight excluding hydrogens is 387 g/mol. The number of alkyl halides is 3. The van der Waals surface area contributed by atoms with Crippen molar-refractivity contribution in [1.29, 1.82) is 0 Å². The van der Waals surface area contributed by atoms with E-state index < -0.39 is 16.7 Å². The molecule has 0 spiro atoms. The van der Waals surface area contributed by atoms with E-state index in [-0.39, 0.29) is 22.7 Å². The second-order valence-electron chi connectivity index (χ2n) is 5.84. The van der Waals surface area contributed by atoms with Gasteiger partial charge < -0.3 is 4.74 Å². The summed E-state index contributed by atoms with van der Waals surface area (Å²) in [6, 6.07) is 17.0. The van der Waals surface area contributed by atoms with E-state index in [1.807, 2.05) is 6.07 Å². The zero-order valence-electron chi connectivity index (χ0n) is 14.8. The van der Waals surface area contributed by atoms with E-state index in [4.69, 9.17) is 4.74 Å². The van der Waals surface area contributed by atoms with Crippen LogP contribution in [0.2, 0.25) is 0 Å². The molecule has 1 N–H and O–H groups in total. The normalized spacial score (nSPS) is 11.4. The van der Waals surface area contributed by atoms with E-state index in [1.54, 1.807) is 24.3 Å². The van der Waals surface area contributed by atoms with Gasteiger partial charge in [0.1, 0.15) is 11.5 Å². The van der Waals surface area contributed by atoms with Crippen LogP contribution in [0.4, 0.5) is 24.5 Å². The van der Waals surface area contributed by atoms with Crippen molar-refractivity contribution in [1.82, 2.24) is 0 Å². The van der Waals surface area contributed by atoms with Crippen LogP contribution in [0, 0.1) is 10.1 Å². The van der Waals surface area contributed by atoms with E-state index in [2.05, 4.69) is 10.5 Å². The maximum Gasteiger partial charge on any atom is 0.416 e. The number of hydrogen-bond donors (Lipinski definition) is 1. The number of nitrogens with one attached hydrogen (secondary N) is 1. The molecule has 0 saturated carbocycles. The zero-order chi connectivity index (χ0) is 20.9. The van der Waals surface area contributed by atoms with Gasteiger partial charge in [-0.15, -0.1) is 0 Å². The molecule has 0 aromatic heterocycles. The van der Waals surface area contributed by atoms with Crippen LogP contribution in [-0.2, 0) is 6.18 Å². The SMILES string of the molecule is O=[N+]([O-])c1ccc(Oc2cccc(C(F)(F)F)c2)c(C=NNc2ccccc2)c1. The third kappa shape index (κ3) is 5.32. The average molecular weight is 401 g/mol. The van der Waals surface area contributed by atoms with Gasteiger partial charge in [-0.05, 0) is 36.4 Å². The number of hydrazone groups is 1. The molecule has 6 nitrogen and oxygen atoms in total. The van der Waals surface area contributed by atoms with Crippen molar-refractivity contribution < 1.29 is 22.8 Å². The molecule has 0 unspecified atom stereocenters. The number of halogens is 3. The molecule has 3 rings (SSSR count). The van der Waals surface area contributed by atoms with Gasteiger partial charge in [-0.3, -0.25) is 15.5 Å². The summed E-state index contributed by atoms with van der Waals surface area (Å²) in [6.07, 6.45) is -3.22. The second kappa shape index (κ2) is 8.42. The van der Waals surface area contributed by atoms with Crippen LogP contribution in [0.15, 0.2) is 77.9 Å². The van der Waals surface area contributed by atoms with E-state index in [1.165, 1.54) is 36.5 Å². The van der Waals surface area contributed by atoms with Gasteiger partial charge in [0.2, 0.25) is 0 Å². The third-order valence-electron chi connectivity index (χ3n) is 3.76. The van der Waals surface area contributed by atoms with Crippen molar-refractivity contribution in [2.75, 3.05) is 5.43 Å². The first kappa shape index (κ1) is 19.9. The Hall–Kier alpha value is -3.88. The Kier molecular flexibility index (Phi) is 5.77. The van der Waals surface area contributed by atoms with Crippen molar-refractivity contribution in [2.24, 2.45) is 5.10 Å². The Balaban J connectivity index is 1.89. The number of para-hydroxylation sites is 1. The summed E-state index contributed by atoms with van der Waals surface area (Å²) in [5.74, 6) is 0.0629. The summed E-state index contributed by atoms with van der Waals surface area (Å²) in [7, 11) is 0. The Labute approximate surface area is 163 Å². The molecule has 3 aromatic carbocycles. The maximum absolute atomic E-state index is 12.9. The van der Waals surface area contributed by atoms with E-state index in [0.29, 0.717) is 5.69 Å². The highest BCUT2D eigenvalue weighted by molar-refractivity contribution is 5.85. The van der Waals surface area contributed by atoms with Crippen LogP contribution in [0.1, 0.15) is 11.1 Å². The van der Waals surface area contributed by atoms with Gasteiger partial charge in [-0.1, -0.05) is 24.3 Å². The number of hydrogen-bond acceptors (Lipinski definition) is 5. The van der Waals surface area contributed by atoms with Crippen molar-refractivity contribution in [3.8, 4) is 11.5 Å². The summed E-state index contributed by atoms with van der Waals surface area (Å²) in [4.78, 5) is 10.5. The molecule has 0 bridgehead atoms. The lowest BCUT2D eigenvalue weighted by Crippen LogP contribution is -2.04. The van der Waals surface area contributed by atoms with E-state index in [9.17, 15) is 23.3 Å². The highest BCUT2D eigenvalue weighted by Gasteiger charge is 2.30. The largest absolute Gasteiger partial charge is 0.457 e. The number of anilines is 1. The van der Waals surface area contributed by atoms with E-state index in [0.717, 1.165) is 12.1 Å². The minimum atomic E-state index is -4.52. The van der Waals surface area contributed by atoms with Crippen molar-refractivity contribution in [3.63, 3.8) is 0 Å². The van der Waals surface area contributed by atoms with Crippen LogP contribution in [0.25, 0.3) is 0 Å². The predicted molar refractivity (Wildman–Crippen MR) is 102 cm³/mol. The van der Waals surface area contributed by atoms with Crippen LogP contribution in [0.3, 0.4) is 0 Å². The molecule has 3 aromatic rings. The standard InChI is InChI=1S/C20H14F3N3O3/c21-20(22,23)15-5-4-8-18(12-15)29-19-10-9-17(26(27)28)11-14(19)13-24-25-16-6-2-1-3-7-16/h1-13,25H. The second-order valence-corrected chi connectivity index (χ2v) is 5.84. The zero-order valence-corrected chi connectivity index (χ0v) is 14.8. The fraction of sp³-hybridized carbons (Fsp3) is 0.0500. The van der Waals surface area contributed by atoms with Gasteiger partial charge in [0.05, 0.1) is 22.4 Å². The van der Waals surface area contributed by atoms with Crippen molar-refractivity contribution in [2.45, 2.75) is 6.18 Å². The third-order valence-corrected chi connectivity index (χ3v) is 3.76. The lowest BCUT2D eigenvalue weighted by atomic mass is 10.2. The van der Waals surface area contributed by atoms with Crippen LogP contribution in [0.5, 0.6) is 11.5 Å². The minimum Gasteiger partial charge on any atom is -0.457 e. The highest BCUT2D eigenvalue weighted by atomic mass is 19.4. The molecule has 0 aliphatic carbocycles. The average Bonchev–Trinajstić information content (AvgIpc) is 2.69. The highest BCUT2D eigenvalue weighted by Crippen LogP contribution is 2.34. The molecule has 29 heavy (non-hydrogen) atoms. The molecule has 9 heteroatoms. The maximum atomic E-state index is 12.9. The number of nitrogens with zero attached hydrogens (tertiary/aromatic N) is 2. The molecule has 0 amide bonds. The molecule has 0 aliphatic heterocycles. The topological polar surface area (TPSA) is 76.8 Å². The summed E-state index contributed by atoms with van der Waals surface area (Å²) >= 11 is 0. The number of nitro benzene ring substituents is 1. The number of nitro groups is 1. The lowest BCUT2D eigenvalue weighted by molar-refractivity contribution is -0.384. The van der Waals surface area contributed by atoms with Crippen LogP contribution in [-0.4, -0.2) is 11.1 Å². The monoisotopic (exact) mass is 401 g/mol. The van der Waals surface area contributed by atoms with Crippen LogP contribution >= 0.6 is 0 Å². The van der Waals surface area contributed by atoms with Crippen molar-refractivity contribution >= 4 is 17.6 Å². The molecular formula is C20H14F3N3O3. The molecule has 0 aliphatic rings. The molecule has 148 valence electrons. The summed E-state index contributed by atoms with van der Waals surface area (Å²) in [6.45, 7) is 0. The van der Waals surface area contributed by atoms with Gasteiger partial charge in [0, 0.05) is 17.7 Å². The minimum absolute atomic E-state index is 0.0562. The first-order valence-electron chi connectivity index (χ1n) is 8.30. The fourth-order valence-corrected chi connectivity index (χ4v) is 2.40. The molecule has 0 radical (unpaired) electrons. The predicted octanol–water partition coefficient (Wildman–Crippen LogP) is 5.85. The van der Waals surface area contributed by atoms with Gasteiger partial charge >= 0.3 is 6.18 Å². The summed E-state index contributed by atoms with van der Waals surface area (Å²) in [5.41, 5.74) is 2.60. The first-order chi connectivity index (χ1) is 13.8. The summed E-state index contributed by atoms with van der Waals surface area (Å²) in [5, 5.41) is 15.1. The Bertz CT molecular complexity index is 1040. The summed E-state index contributed by atoms with van der Waals surface area (Å²) < 4.78 is 44.2. The Morgan fingerprint density at radius 3 is 2.45 bits per heavy atom. The molecule has 0 fully saturated rings. The molecule has 0 heterocycles. The lowest BCUT2D eigenvalue weighted by Gasteiger charge is -2.11. The first-order valence-corrected chi connectivity index (χ1v) is 8.30. The van der Waals surface area contributed by atoms with Gasteiger partial charge in [0.25, 0.3) is 5.69 Å². The number of non-ortho nitro benzene ring substituents is 1. The Morgan fingerprint density at radius 2 is 1.76 bits per heavy atom. The van der Waals surface area contributed by atoms with Crippen LogP contribution < -0.4 is 10.2 Å². The van der Waals surface area contributed by atoms with Gasteiger partial charge in [-0.2, -0.15) is 18.3 Å². The number of rotatable bonds is 6. The van der Waals surface area contributed by atoms with Gasteiger partial charge in [0.15, 0.2) is 0 Å². The van der Waals surface area contributed by atoms with Gasteiger partial charge in [-0.25, -0.2) is 0 Å². The fourth-order valence-electron chi connectivity index (χ4n) is 2.40.